The Morgan fingerprint density at radius 1 is 1.10 bits per heavy atom. The number of benzene rings is 2. The van der Waals surface area contributed by atoms with Crippen LogP contribution in [0.2, 0.25) is 0 Å². The molecular formula is C21H19N3O6. The first-order chi connectivity index (χ1) is 14.3. The van der Waals surface area contributed by atoms with Crippen LogP contribution in [-0.2, 0) is 9.53 Å². The van der Waals surface area contributed by atoms with Crippen molar-refractivity contribution >= 4 is 34.3 Å². The van der Waals surface area contributed by atoms with Crippen LogP contribution in [0.4, 0.5) is 5.69 Å². The molecule has 1 aromatic heterocycles. The summed E-state index contributed by atoms with van der Waals surface area (Å²) in [5.41, 5.74) is 0.985. The standard InChI is InChI=1S/C21H19N3O6/c1-12(23-20(26)14-6-5-7-15(10-14)24(28)29)21(27)30-13(2)19(25)17-11-22-18-9-4-3-8-16(17)18/h3-13,22H,1-2H3,(H,23,26)/t12-,13-/m0/s1. The number of amides is 1. The lowest BCUT2D eigenvalue weighted by molar-refractivity contribution is -0.384. The maximum absolute atomic E-state index is 12.7. The molecule has 0 unspecified atom stereocenters. The largest absolute Gasteiger partial charge is 0.453 e. The van der Waals surface area contributed by atoms with E-state index in [0.717, 1.165) is 17.0 Å². The topological polar surface area (TPSA) is 131 Å². The summed E-state index contributed by atoms with van der Waals surface area (Å²) >= 11 is 0. The number of aromatic nitrogens is 1. The second-order valence-electron chi connectivity index (χ2n) is 6.69. The van der Waals surface area contributed by atoms with Crippen molar-refractivity contribution < 1.29 is 24.0 Å². The number of hydrogen-bond donors (Lipinski definition) is 2. The molecule has 0 aliphatic carbocycles. The Bertz CT molecular complexity index is 1140. The highest BCUT2D eigenvalue weighted by atomic mass is 16.6. The van der Waals surface area contributed by atoms with E-state index in [2.05, 4.69) is 10.3 Å². The fraction of sp³-hybridized carbons (Fsp3) is 0.190. The first kappa shape index (κ1) is 20.7. The zero-order valence-corrected chi connectivity index (χ0v) is 16.2. The Balaban J connectivity index is 1.63. The van der Waals surface area contributed by atoms with Crippen LogP contribution in [0, 0.1) is 10.1 Å². The number of aromatic amines is 1. The van der Waals surface area contributed by atoms with Gasteiger partial charge in [0.25, 0.3) is 11.6 Å². The van der Waals surface area contributed by atoms with Crippen molar-refractivity contribution in [2.24, 2.45) is 0 Å². The summed E-state index contributed by atoms with van der Waals surface area (Å²) in [5, 5.41) is 14.0. The Morgan fingerprint density at radius 3 is 2.57 bits per heavy atom. The Hall–Kier alpha value is -4.01. The number of nitrogens with zero attached hydrogens (tertiary/aromatic N) is 1. The van der Waals surface area contributed by atoms with Crippen molar-refractivity contribution in [3.63, 3.8) is 0 Å². The first-order valence-corrected chi connectivity index (χ1v) is 9.14. The maximum atomic E-state index is 12.7. The SMILES string of the molecule is C[C@H](NC(=O)c1cccc([N+](=O)[O-])c1)C(=O)O[C@@H](C)C(=O)c1c[nH]c2ccccc12. The average molecular weight is 409 g/mol. The van der Waals surface area contributed by atoms with E-state index in [1.165, 1.54) is 32.0 Å². The van der Waals surface area contributed by atoms with E-state index >= 15 is 0 Å². The van der Waals surface area contributed by atoms with Gasteiger partial charge in [-0.3, -0.25) is 19.7 Å². The summed E-state index contributed by atoms with van der Waals surface area (Å²) < 4.78 is 5.22. The van der Waals surface area contributed by atoms with Gasteiger partial charge in [-0.05, 0) is 26.0 Å². The van der Waals surface area contributed by atoms with Gasteiger partial charge < -0.3 is 15.0 Å². The molecule has 0 radical (unpaired) electrons. The van der Waals surface area contributed by atoms with Gasteiger partial charge in [0.1, 0.15) is 6.04 Å². The molecule has 2 N–H and O–H groups in total. The molecule has 0 bridgehead atoms. The summed E-state index contributed by atoms with van der Waals surface area (Å²) in [5.74, 6) is -1.84. The summed E-state index contributed by atoms with van der Waals surface area (Å²) in [6, 6.07) is 11.3. The number of nitro groups is 1. The third-order valence-corrected chi connectivity index (χ3v) is 4.54. The predicted molar refractivity (Wildman–Crippen MR) is 108 cm³/mol. The monoisotopic (exact) mass is 409 g/mol. The van der Waals surface area contributed by atoms with Crippen LogP contribution in [0.3, 0.4) is 0 Å². The zero-order valence-electron chi connectivity index (χ0n) is 16.2. The van der Waals surface area contributed by atoms with Crippen LogP contribution in [0.5, 0.6) is 0 Å². The normalized spacial score (nSPS) is 12.7. The van der Waals surface area contributed by atoms with Gasteiger partial charge >= 0.3 is 5.97 Å². The molecule has 3 rings (SSSR count). The number of rotatable bonds is 7. The molecule has 30 heavy (non-hydrogen) atoms. The minimum Gasteiger partial charge on any atom is -0.453 e. The Morgan fingerprint density at radius 2 is 1.83 bits per heavy atom. The van der Waals surface area contributed by atoms with Gasteiger partial charge in [-0.25, -0.2) is 4.79 Å². The molecule has 9 heteroatoms. The molecule has 0 fully saturated rings. The molecule has 2 atom stereocenters. The van der Waals surface area contributed by atoms with E-state index in [1.807, 2.05) is 12.1 Å². The fourth-order valence-corrected chi connectivity index (χ4v) is 2.92. The number of Topliss-reactive ketones (excluding diaryl/α,β-unsaturated/α-hetero) is 1. The number of esters is 1. The number of nitro benzene ring substituents is 1. The lowest BCUT2D eigenvalue weighted by Gasteiger charge is -2.17. The number of nitrogens with one attached hydrogen (secondary N) is 2. The van der Waals surface area contributed by atoms with Crippen LogP contribution in [-0.4, -0.2) is 39.7 Å². The molecule has 0 saturated heterocycles. The van der Waals surface area contributed by atoms with Gasteiger partial charge in [0, 0.05) is 40.4 Å². The number of ether oxygens (including phenoxy) is 1. The first-order valence-electron chi connectivity index (χ1n) is 9.14. The Labute approximate surface area is 171 Å². The fourth-order valence-electron chi connectivity index (χ4n) is 2.92. The molecule has 0 aliphatic heterocycles. The third-order valence-electron chi connectivity index (χ3n) is 4.54. The number of H-pyrrole nitrogens is 1. The number of fused-ring (bicyclic) bond motifs is 1. The highest BCUT2D eigenvalue weighted by molar-refractivity contribution is 6.10. The number of para-hydroxylation sites is 1. The third kappa shape index (κ3) is 4.35. The van der Waals surface area contributed by atoms with Crippen molar-refractivity contribution in [1.29, 1.82) is 0 Å². The zero-order chi connectivity index (χ0) is 21.8. The van der Waals surface area contributed by atoms with E-state index in [1.54, 1.807) is 18.3 Å². The van der Waals surface area contributed by atoms with Gasteiger partial charge in [0.05, 0.1) is 4.92 Å². The molecule has 154 valence electrons. The summed E-state index contributed by atoms with van der Waals surface area (Å²) in [4.78, 5) is 50.5. The van der Waals surface area contributed by atoms with Crippen LogP contribution in [0.25, 0.3) is 10.9 Å². The van der Waals surface area contributed by atoms with Crippen molar-refractivity contribution in [2.75, 3.05) is 0 Å². The molecule has 1 amide bonds. The number of non-ortho nitro benzene ring substituents is 1. The molecule has 0 saturated carbocycles. The quantitative estimate of drug-likeness (QED) is 0.267. The molecule has 0 aliphatic rings. The van der Waals surface area contributed by atoms with Crippen LogP contribution >= 0.6 is 0 Å². The lowest BCUT2D eigenvalue weighted by Crippen LogP contribution is -2.41. The van der Waals surface area contributed by atoms with Crippen LogP contribution in [0.15, 0.2) is 54.7 Å². The molecule has 0 spiro atoms. The van der Waals surface area contributed by atoms with Gasteiger partial charge in [-0.1, -0.05) is 24.3 Å². The second-order valence-corrected chi connectivity index (χ2v) is 6.69. The van der Waals surface area contributed by atoms with Crippen LogP contribution < -0.4 is 5.32 Å². The van der Waals surface area contributed by atoms with Gasteiger partial charge in [0.15, 0.2) is 6.10 Å². The van der Waals surface area contributed by atoms with Crippen molar-refractivity contribution in [3.05, 3.63) is 76.0 Å². The summed E-state index contributed by atoms with van der Waals surface area (Å²) in [6.45, 7) is 2.86. The average Bonchev–Trinajstić information content (AvgIpc) is 3.17. The van der Waals surface area contributed by atoms with Crippen LogP contribution in [0.1, 0.15) is 34.6 Å². The summed E-state index contributed by atoms with van der Waals surface area (Å²) in [6.07, 6.45) is 0.499. The highest BCUT2D eigenvalue weighted by Gasteiger charge is 2.26. The van der Waals surface area contributed by atoms with Crippen molar-refractivity contribution in [3.8, 4) is 0 Å². The summed E-state index contributed by atoms with van der Waals surface area (Å²) in [7, 11) is 0. The van der Waals surface area contributed by atoms with Gasteiger partial charge in [0.2, 0.25) is 5.78 Å². The number of carbonyl (C=O) groups excluding carboxylic acids is 3. The Kier molecular flexibility index (Phi) is 5.91. The van der Waals surface area contributed by atoms with E-state index in [0.29, 0.717) is 5.56 Å². The van der Waals surface area contributed by atoms with Crippen molar-refractivity contribution in [2.45, 2.75) is 26.0 Å². The minimum atomic E-state index is -1.06. The molecule has 1 heterocycles. The lowest BCUT2D eigenvalue weighted by atomic mass is 10.1. The van der Waals surface area contributed by atoms with E-state index in [-0.39, 0.29) is 17.0 Å². The predicted octanol–water partition coefficient (Wildman–Crippen LogP) is 3.01. The van der Waals surface area contributed by atoms with E-state index < -0.39 is 28.9 Å². The molecule has 9 nitrogen and oxygen atoms in total. The second kappa shape index (κ2) is 8.56. The van der Waals surface area contributed by atoms with Gasteiger partial charge in [-0.15, -0.1) is 0 Å². The number of ketones is 1. The van der Waals surface area contributed by atoms with E-state index in [9.17, 15) is 24.5 Å². The minimum absolute atomic E-state index is 0.0340. The smallest absolute Gasteiger partial charge is 0.329 e. The molecule has 2 aromatic carbocycles. The van der Waals surface area contributed by atoms with E-state index in [4.69, 9.17) is 4.74 Å². The number of hydrogen-bond acceptors (Lipinski definition) is 6. The van der Waals surface area contributed by atoms with Crippen molar-refractivity contribution in [1.82, 2.24) is 10.3 Å². The number of carbonyl (C=O) groups is 3. The molecular weight excluding hydrogens is 390 g/mol. The maximum Gasteiger partial charge on any atom is 0.329 e. The van der Waals surface area contributed by atoms with Gasteiger partial charge in [-0.2, -0.15) is 0 Å². The highest BCUT2D eigenvalue weighted by Crippen LogP contribution is 2.20. The molecule has 3 aromatic rings.